The summed E-state index contributed by atoms with van der Waals surface area (Å²) in [6.45, 7) is 0. The van der Waals surface area contributed by atoms with Crippen molar-refractivity contribution in [2.45, 2.75) is 6.18 Å². The highest BCUT2D eigenvalue weighted by atomic mass is 19.4. The van der Waals surface area contributed by atoms with Crippen LogP contribution in [0.4, 0.5) is 18.9 Å². The average Bonchev–Trinajstić information content (AvgIpc) is 2.26. The van der Waals surface area contributed by atoms with Gasteiger partial charge in [-0.3, -0.25) is 0 Å². The molecule has 1 rings (SSSR count). The summed E-state index contributed by atoms with van der Waals surface area (Å²) < 4.78 is 41.8. The number of rotatable bonds is 2. The molecule has 0 radical (unpaired) electrons. The Bertz CT molecular complexity index is 453. The lowest BCUT2D eigenvalue weighted by Crippen LogP contribution is -2.09. The predicted molar refractivity (Wildman–Crippen MR) is 56.9 cm³/mol. The van der Waals surface area contributed by atoms with Crippen LogP contribution in [-0.2, 0) is 15.7 Å². The van der Waals surface area contributed by atoms with E-state index in [1.807, 2.05) is 0 Å². The maximum absolute atomic E-state index is 12.5. The van der Waals surface area contributed by atoms with Gasteiger partial charge < -0.3 is 10.5 Å². The zero-order valence-electron chi connectivity index (χ0n) is 8.91. The van der Waals surface area contributed by atoms with E-state index >= 15 is 0 Å². The van der Waals surface area contributed by atoms with Crippen LogP contribution in [0.25, 0.3) is 6.08 Å². The van der Waals surface area contributed by atoms with E-state index < -0.39 is 17.7 Å². The summed E-state index contributed by atoms with van der Waals surface area (Å²) in [5, 5.41) is 0. The third-order valence-electron chi connectivity index (χ3n) is 2.00. The summed E-state index contributed by atoms with van der Waals surface area (Å²) >= 11 is 0. The lowest BCUT2D eigenvalue weighted by molar-refractivity contribution is -0.137. The third kappa shape index (κ3) is 3.51. The van der Waals surface area contributed by atoms with Crippen LogP contribution in [0, 0.1) is 0 Å². The summed E-state index contributed by atoms with van der Waals surface area (Å²) in [6.07, 6.45) is -2.26. The zero-order chi connectivity index (χ0) is 13.1. The second-order valence-electron chi connectivity index (χ2n) is 3.20. The van der Waals surface area contributed by atoms with Crippen LogP contribution in [0.5, 0.6) is 0 Å². The zero-order valence-corrected chi connectivity index (χ0v) is 8.91. The number of hydrogen-bond acceptors (Lipinski definition) is 3. The monoisotopic (exact) mass is 245 g/mol. The van der Waals surface area contributed by atoms with Crippen molar-refractivity contribution in [3.63, 3.8) is 0 Å². The first-order valence-electron chi connectivity index (χ1n) is 4.57. The second kappa shape index (κ2) is 4.90. The Morgan fingerprint density at radius 3 is 2.59 bits per heavy atom. The summed E-state index contributed by atoms with van der Waals surface area (Å²) in [5.74, 6) is -0.643. The van der Waals surface area contributed by atoms with Gasteiger partial charge in [0.2, 0.25) is 0 Å². The molecule has 17 heavy (non-hydrogen) atoms. The summed E-state index contributed by atoms with van der Waals surface area (Å²) in [5.41, 5.74) is 4.16. The predicted octanol–water partition coefficient (Wildman–Crippen LogP) is 2.47. The number of nitrogen functional groups attached to an aromatic ring is 1. The average molecular weight is 245 g/mol. The Balaban J connectivity index is 3.05. The standard InChI is InChI=1S/C11H10F3NO2/c1-17-10(16)5-3-7-2-4-9(15)8(6-7)11(12,13)14/h2-6H,15H2,1H3. The molecule has 0 aliphatic heterocycles. The molecule has 0 aliphatic carbocycles. The van der Waals surface area contributed by atoms with Crippen LogP contribution < -0.4 is 5.73 Å². The van der Waals surface area contributed by atoms with E-state index in [1.165, 1.54) is 19.3 Å². The van der Waals surface area contributed by atoms with Crippen molar-refractivity contribution in [1.29, 1.82) is 0 Å². The van der Waals surface area contributed by atoms with Gasteiger partial charge >= 0.3 is 12.1 Å². The molecule has 0 amide bonds. The topological polar surface area (TPSA) is 52.3 Å². The van der Waals surface area contributed by atoms with Gasteiger partial charge in [0.25, 0.3) is 0 Å². The number of anilines is 1. The maximum atomic E-state index is 12.5. The molecule has 0 aliphatic rings. The molecule has 0 unspecified atom stereocenters. The van der Waals surface area contributed by atoms with Crippen molar-refractivity contribution in [1.82, 2.24) is 0 Å². The fourth-order valence-corrected chi connectivity index (χ4v) is 1.16. The molecule has 0 saturated heterocycles. The lowest BCUT2D eigenvalue weighted by Gasteiger charge is -2.10. The van der Waals surface area contributed by atoms with Crippen molar-refractivity contribution >= 4 is 17.7 Å². The van der Waals surface area contributed by atoms with E-state index in [2.05, 4.69) is 4.74 Å². The molecule has 0 fully saturated rings. The third-order valence-corrected chi connectivity index (χ3v) is 2.00. The first-order valence-corrected chi connectivity index (χ1v) is 4.57. The minimum atomic E-state index is -4.51. The molecule has 6 heteroatoms. The van der Waals surface area contributed by atoms with Crippen LogP contribution in [0.15, 0.2) is 24.3 Å². The summed E-state index contributed by atoms with van der Waals surface area (Å²) in [7, 11) is 1.18. The van der Waals surface area contributed by atoms with Crippen molar-refractivity contribution < 1.29 is 22.7 Å². The fourth-order valence-electron chi connectivity index (χ4n) is 1.16. The molecule has 1 aromatic rings. The summed E-state index contributed by atoms with van der Waals surface area (Å²) in [6, 6.07) is 3.39. The number of hydrogen-bond donors (Lipinski definition) is 1. The van der Waals surface area contributed by atoms with E-state index in [0.29, 0.717) is 0 Å². The number of benzene rings is 1. The number of nitrogens with two attached hydrogens (primary N) is 1. The molecule has 0 aromatic heterocycles. The Hall–Kier alpha value is -1.98. The number of methoxy groups -OCH3 is 1. The first kappa shape index (κ1) is 13.1. The fraction of sp³-hybridized carbons (Fsp3) is 0.182. The molecule has 0 spiro atoms. The van der Waals surface area contributed by atoms with Crippen molar-refractivity contribution in [2.24, 2.45) is 0 Å². The van der Waals surface area contributed by atoms with Crippen LogP contribution in [0.1, 0.15) is 11.1 Å². The van der Waals surface area contributed by atoms with Gasteiger partial charge in [-0.05, 0) is 23.8 Å². The minimum absolute atomic E-state index is 0.219. The smallest absolute Gasteiger partial charge is 0.418 e. The van der Waals surface area contributed by atoms with Gasteiger partial charge in [0.1, 0.15) is 0 Å². The Morgan fingerprint density at radius 2 is 2.06 bits per heavy atom. The van der Waals surface area contributed by atoms with Gasteiger partial charge in [-0.1, -0.05) is 6.07 Å². The van der Waals surface area contributed by atoms with Gasteiger partial charge in [0.05, 0.1) is 12.7 Å². The molecule has 1 aromatic carbocycles. The van der Waals surface area contributed by atoms with Gasteiger partial charge in [-0.25, -0.2) is 4.79 Å². The lowest BCUT2D eigenvalue weighted by atomic mass is 10.1. The van der Waals surface area contributed by atoms with E-state index in [-0.39, 0.29) is 11.3 Å². The number of alkyl halides is 3. The number of esters is 1. The number of ether oxygens (including phenoxy) is 1. The van der Waals surface area contributed by atoms with Gasteiger partial charge in [0.15, 0.2) is 0 Å². The molecule has 0 bridgehead atoms. The number of carbonyl (C=O) groups excluding carboxylic acids is 1. The highest BCUT2D eigenvalue weighted by Gasteiger charge is 2.32. The highest BCUT2D eigenvalue weighted by molar-refractivity contribution is 5.87. The van der Waals surface area contributed by atoms with Gasteiger partial charge in [-0.15, -0.1) is 0 Å². The Kier molecular flexibility index (Phi) is 3.77. The van der Waals surface area contributed by atoms with Crippen LogP contribution in [-0.4, -0.2) is 13.1 Å². The number of carbonyl (C=O) groups is 1. The van der Waals surface area contributed by atoms with E-state index in [9.17, 15) is 18.0 Å². The normalized spacial score (nSPS) is 11.8. The SMILES string of the molecule is COC(=O)C=Cc1ccc(N)c(C(F)(F)F)c1. The van der Waals surface area contributed by atoms with Crippen molar-refractivity contribution in [3.05, 3.63) is 35.4 Å². The molecule has 3 nitrogen and oxygen atoms in total. The molecule has 2 N–H and O–H groups in total. The maximum Gasteiger partial charge on any atom is 0.418 e. The van der Waals surface area contributed by atoms with Crippen LogP contribution >= 0.6 is 0 Å². The van der Waals surface area contributed by atoms with Gasteiger partial charge in [0, 0.05) is 11.8 Å². The van der Waals surface area contributed by atoms with E-state index in [4.69, 9.17) is 5.73 Å². The van der Waals surface area contributed by atoms with Gasteiger partial charge in [-0.2, -0.15) is 13.2 Å². The Morgan fingerprint density at radius 1 is 1.41 bits per heavy atom. The molecule has 0 saturated carbocycles. The molecule has 0 atom stereocenters. The second-order valence-corrected chi connectivity index (χ2v) is 3.20. The van der Waals surface area contributed by atoms with Crippen LogP contribution in [0.2, 0.25) is 0 Å². The molecule has 92 valence electrons. The van der Waals surface area contributed by atoms with Crippen molar-refractivity contribution in [2.75, 3.05) is 12.8 Å². The van der Waals surface area contributed by atoms with E-state index in [0.717, 1.165) is 18.2 Å². The largest absolute Gasteiger partial charge is 0.466 e. The molecular weight excluding hydrogens is 235 g/mol. The quantitative estimate of drug-likeness (QED) is 0.494. The first-order chi connectivity index (χ1) is 7.84. The summed E-state index contributed by atoms with van der Waals surface area (Å²) in [4.78, 5) is 10.8. The number of halogens is 3. The minimum Gasteiger partial charge on any atom is -0.466 e. The highest BCUT2D eigenvalue weighted by Crippen LogP contribution is 2.34. The molecular formula is C11H10F3NO2. The van der Waals surface area contributed by atoms with E-state index in [1.54, 1.807) is 0 Å². The Labute approximate surface area is 95.7 Å². The van der Waals surface area contributed by atoms with Crippen LogP contribution in [0.3, 0.4) is 0 Å². The van der Waals surface area contributed by atoms with Crippen molar-refractivity contribution in [3.8, 4) is 0 Å². The molecule has 0 heterocycles.